The SMILES string of the molecule is Cc1ccc(-c2ccc(O)c(CCC(=O)CCC(=O)O)n2)c(C)c1. The number of hydrogen-bond acceptors (Lipinski definition) is 4. The van der Waals surface area contributed by atoms with Crippen LogP contribution in [0.5, 0.6) is 5.75 Å². The second-order valence-corrected chi connectivity index (χ2v) is 5.91. The molecule has 0 bridgehead atoms. The third-order valence-corrected chi connectivity index (χ3v) is 3.87. The lowest BCUT2D eigenvalue weighted by Crippen LogP contribution is -2.05. The summed E-state index contributed by atoms with van der Waals surface area (Å²) in [4.78, 5) is 26.7. The second kappa shape index (κ2) is 7.73. The van der Waals surface area contributed by atoms with E-state index >= 15 is 0 Å². The summed E-state index contributed by atoms with van der Waals surface area (Å²) in [6, 6.07) is 9.40. The van der Waals surface area contributed by atoms with Gasteiger partial charge in [-0.1, -0.05) is 23.8 Å². The predicted molar refractivity (Wildman–Crippen MR) is 91.0 cm³/mol. The molecule has 0 aliphatic rings. The molecule has 126 valence electrons. The quantitative estimate of drug-likeness (QED) is 0.813. The lowest BCUT2D eigenvalue weighted by Gasteiger charge is -2.10. The summed E-state index contributed by atoms with van der Waals surface area (Å²) in [6.07, 6.45) is 0.306. The fourth-order valence-corrected chi connectivity index (χ4v) is 2.56. The molecule has 0 spiro atoms. The highest BCUT2D eigenvalue weighted by molar-refractivity contribution is 5.82. The van der Waals surface area contributed by atoms with Crippen LogP contribution in [0.25, 0.3) is 11.3 Å². The summed E-state index contributed by atoms with van der Waals surface area (Å²) in [5.74, 6) is -1.08. The van der Waals surface area contributed by atoms with E-state index in [1.807, 2.05) is 26.0 Å². The van der Waals surface area contributed by atoms with E-state index in [2.05, 4.69) is 11.1 Å². The summed E-state index contributed by atoms with van der Waals surface area (Å²) in [6.45, 7) is 4.03. The van der Waals surface area contributed by atoms with Crippen molar-refractivity contribution >= 4 is 11.8 Å². The van der Waals surface area contributed by atoms with Gasteiger partial charge in [-0.25, -0.2) is 4.98 Å². The molecule has 0 radical (unpaired) electrons. The third kappa shape index (κ3) is 4.65. The monoisotopic (exact) mass is 327 g/mol. The van der Waals surface area contributed by atoms with Gasteiger partial charge in [0.2, 0.25) is 0 Å². The van der Waals surface area contributed by atoms with E-state index in [-0.39, 0.29) is 30.8 Å². The van der Waals surface area contributed by atoms with Crippen LogP contribution in [0.3, 0.4) is 0 Å². The number of aryl methyl sites for hydroxylation is 3. The Labute approximate surface area is 141 Å². The zero-order chi connectivity index (χ0) is 17.7. The number of carboxylic acids is 1. The molecule has 24 heavy (non-hydrogen) atoms. The number of nitrogens with zero attached hydrogens (tertiary/aromatic N) is 1. The summed E-state index contributed by atoms with van der Waals surface area (Å²) >= 11 is 0. The van der Waals surface area contributed by atoms with Crippen LogP contribution in [-0.4, -0.2) is 26.9 Å². The third-order valence-electron chi connectivity index (χ3n) is 3.87. The maximum atomic E-state index is 11.7. The van der Waals surface area contributed by atoms with Gasteiger partial charge in [0.15, 0.2) is 0 Å². The minimum absolute atomic E-state index is 0.00680. The fourth-order valence-electron chi connectivity index (χ4n) is 2.56. The van der Waals surface area contributed by atoms with Crippen molar-refractivity contribution < 1.29 is 19.8 Å². The highest BCUT2D eigenvalue weighted by atomic mass is 16.4. The van der Waals surface area contributed by atoms with E-state index in [0.717, 1.165) is 16.8 Å². The van der Waals surface area contributed by atoms with Crippen LogP contribution in [0.2, 0.25) is 0 Å². The maximum absolute atomic E-state index is 11.7. The lowest BCUT2D eigenvalue weighted by atomic mass is 10.0. The number of pyridine rings is 1. The average Bonchev–Trinajstić information content (AvgIpc) is 2.52. The van der Waals surface area contributed by atoms with Gasteiger partial charge >= 0.3 is 5.97 Å². The van der Waals surface area contributed by atoms with E-state index < -0.39 is 5.97 Å². The second-order valence-electron chi connectivity index (χ2n) is 5.91. The first-order chi connectivity index (χ1) is 11.4. The van der Waals surface area contributed by atoms with Crippen molar-refractivity contribution in [3.05, 3.63) is 47.2 Å². The molecule has 0 aliphatic heterocycles. The molecule has 1 aromatic heterocycles. The van der Waals surface area contributed by atoms with Crippen LogP contribution in [0, 0.1) is 13.8 Å². The van der Waals surface area contributed by atoms with E-state index in [0.29, 0.717) is 12.1 Å². The van der Waals surface area contributed by atoms with E-state index in [9.17, 15) is 14.7 Å². The topological polar surface area (TPSA) is 87.5 Å². The smallest absolute Gasteiger partial charge is 0.303 e. The number of Topliss-reactive ketones (excluding diaryl/α,β-unsaturated/α-hetero) is 1. The summed E-state index contributed by atoms with van der Waals surface area (Å²) in [5, 5.41) is 18.6. The van der Waals surface area contributed by atoms with Gasteiger partial charge in [-0.15, -0.1) is 0 Å². The first kappa shape index (κ1) is 17.7. The van der Waals surface area contributed by atoms with Gasteiger partial charge in [-0.3, -0.25) is 9.59 Å². The van der Waals surface area contributed by atoms with E-state index in [1.54, 1.807) is 12.1 Å². The van der Waals surface area contributed by atoms with Gasteiger partial charge in [0, 0.05) is 24.8 Å². The van der Waals surface area contributed by atoms with Gasteiger partial charge in [0.05, 0.1) is 17.8 Å². The first-order valence-corrected chi connectivity index (χ1v) is 7.87. The lowest BCUT2D eigenvalue weighted by molar-refractivity contribution is -0.138. The number of rotatable bonds is 7. The number of hydrogen-bond donors (Lipinski definition) is 2. The number of aliphatic carboxylic acids is 1. The molecule has 2 aromatic rings. The molecule has 2 rings (SSSR count). The standard InChI is InChI=1S/C19H21NO4/c1-12-3-6-15(13(2)11-12)16-8-9-18(22)17(20-16)7-4-14(21)5-10-19(23)24/h3,6,8-9,11,22H,4-5,7,10H2,1-2H3,(H,23,24). The Morgan fingerprint density at radius 2 is 1.79 bits per heavy atom. The molecule has 0 unspecified atom stereocenters. The Kier molecular flexibility index (Phi) is 5.68. The van der Waals surface area contributed by atoms with Crippen LogP contribution >= 0.6 is 0 Å². The molecule has 1 heterocycles. The van der Waals surface area contributed by atoms with Crippen molar-refractivity contribution in [3.63, 3.8) is 0 Å². The Balaban J connectivity index is 2.14. The number of benzene rings is 1. The van der Waals surface area contributed by atoms with Crippen LogP contribution < -0.4 is 0 Å². The molecular formula is C19H21NO4. The molecule has 0 saturated carbocycles. The summed E-state index contributed by atoms with van der Waals surface area (Å²) in [7, 11) is 0. The minimum Gasteiger partial charge on any atom is -0.506 e. The summed E-state index contributed by atoms with van der Waals surface area (Å²) in [5.41, 5.74) is 4.45. The van der Waals surface area contributed by atoms with Crippen molar-refractivity contribution in [2.24, 2.45) is 0 Å². The van der Waals surface area contributed by atoms with Crippen molar-refractivity contribution in [3.8, 4) is 17.0 Å². The zero-order valence-corrected chi connectivity index (χ0v) is 13.9. The molecule has 0 atom stereocenters. The first-order valence-electron chi connectivity index (χ1n) is 7.87. The molecule has 0 aliphatic carbocycles. The van der Waals surface area contributed by atoms with Crippen molar-refractivity contribution in [1.82, 2.24) is 4.98 Å². The number of ketones is 1. The van der Waals surface area contributed by atoms with Gasteiger partial charge < -0.3 is 10.2 Å². The predicted octanol–water partition coefficient (Wildman–Crippen LogP) is 3.44. The zero-order valence-electron chi connectivity index (χ0n) is 13.9. The van der Waals surface area contributed by atoms with Crippen molar-refractivity contribution in [2.45, 2.75) is 39.5 Å². The van der Waals surface area contributed by atoms with Crippen LogP contribution in [0.4, 0.5) is 0 Å². The van der Waals surface area contributed by atoms with E-state index in [1.165, 1.54) is 5.56 Å². The van der Waals surface area contributed by atoms with Gasteiger partial charge in [-0.05, 0) is 31.5 Å². The van der Waals surface area contributed by atoms with Crippen molar-refractivity contribution in [2.75, 3.05) is 0 Å². The normalized spacial score (nSPS) is 10.6. The van der Waals surface area contributed by atoms with E-state index in [4.69, 9.17) is 5.11 Å². The van der Waals surface area contributed by atoms with Gasteiger partial charge in [0.1, 0.15) is 11.5 Å². The molecule has 2 N–H and O–H groups in total. The molecule has 0 amide bonds. The highest BCUT2D eigenvalue weighted by Crippen LogP contribution is 2.26. The maximum Gasteiger partial charge on any atom is 0.303 e. The van der Waals surface area contributed by atoms with Gasteiger partial charge in [0.25, 0.3) is 0 Å². The number of carboxylic acid groups (broad SMARTS) is 1. The molecule has 5 nitrogen and oxygen atoms in total. The molecule has 1 aromatic carbocycles. The van der Waals surface area contributed by atoms with Crippen LogP contribution in [0.15, 0.2) is 30.3 Å². The number of aromatic nitrogens is 1. The molecular weight excluding hydrogens is 306 g/mol. The average molecular weight is 327 g/mol. The fraction of sp³-hybridized carbons (Fsp3) is 0.316. The Morgan fingerprint density at radius 1 is 1.04 bits per heavy atom. The molecule has 0 saturated heterocycles. The Hall–Kier alpha value is -2.69. The van der Waals surface area contributed by atoms with Crippen LogP contribution in [0.1, 0.15) is 36.1 Å². The number of carbonyl (C=O) groups excluding carboxylic acids is 1. The number of carbonyl (C=O) groups is 2. The molecule has 5 heteroatoms. The Bertz CT molecular complexity index is 768. The molecule has 0 fully saturated rings. The minimum atomic E-state index is -0.985. The highest BCUT2D eigenvalue weighted by Gasteiger charge is 2.11. The summed E-state index contributed by atoms with van der Waals surface area (Å²) < 4.78 is 0. The largest absolute Gasteiger partial charge is 0.506 e. The van der Waals surface area contributed by atoms with Gasteiger partial charge in [-0.2, -0.15) is 0 Å². The number of aromatic hydroxyl groups is 1. The van der Waals surface area contributed by atoms with Crippen molar-refractivity contribution in [1.29, 1.82) is 0 Å². The Morgan fingerprint density at radius 3 is 2.46 bits per heavy atom. The van der Waals surface area contributed by atoms with Crippen LogP contribution in [-0.2, 0) is 16.0 Å².